The Hall–Kier alpha value is -10.7. The van der Waals surface area contributed by atoms with E-state index in [1.807, 2.05) is 98.6 Å². The maximum absolute atomic E-state index is 13.6. The number of methoxy groups -OCH3 is 9. The molecule has 1 unspecified atom stereocenters. The van der Waals surface area contributed by atoms with E-state index in [0.29, 0.717) is 101 Å². The van der Waals surface area contributed by atoms with Crippen molar-refractivity contribution < 1.29 is 85.8 Å². The summed E-state index contributed by atoms with van der Waals surface area (Å²) >= 11 is 0. The molecule has 1 aliphatic rings. The van der Waals surface area contributed by atoms with E-state index in [1.165, 1.54) is 51.6 Å². The molecule has 1 saturated carbocycles. The summed E-state index contributed by atoms with van der Waals surface area (Å²) in [5, 5.41) is 25.5. The van der Waals surface area contributed by atoms with Crippen molar-refractivity contribution in [3.8, 4) is 68.3 Å². The lowest BCUT2D eigenvalue weighted by atomic mass is 9.84. The Morgan fingerprint density at radius 3 is 1.35 bits per heavy atom. The lowest BCUT2D eigenvalue weighted by Crippen LogP contribution is -2.49. The zero-order valence-electron chi connectivity index (χ0n) is 71.6. The van der Waals surface area contributed by atoms with E-state index < -0.39 is 47.8 Å². The molecule has 30 nitrogen and oxygen atoms in total. The van der Waals surface area contributed by atoms with Crippen LogP contribution >= 0.6 is 0 Å². The van der Waals surface area contributed by atoms with Gasteiger partial charge < -0.3 is 73.7 Å². The zero-order valence-corrected chi connectivity index (χ0v) is 71.6. The number of esters is 3. The number of hydrogen-bond acceptors (Lipinski definition) is 21. The standard InChI is InChI=1S/C30H44N4O6.C28H42N4O6.C27H40N4O6/c1-6-20(7-2)19-34-26(23-16-22(38-3)13-14-27(23)39-4)17-25(33-34)30(37)32-24(15-21-11-9-8-10-12-21)29(36)31-18-28(35)40-5;1-17(2)13-20(14-25(33)31(6)16-26(34)38-9)29-28(35)21-15-22(32(30-21)19(5)18(3)4)27-23(36-7)11-10-12-24(27)37-8;1-17(2)12-19(13-24(32)30(5)16-25(33)37-8)28-27(34)20-14-21(31(29-20)15-18(3)4)26-22(35-6)10-9-11-23(26)36-7/h13-14,16-17,20-21,24H,6-12,15,18-19H2,1-5H3,(H,31,36)(H,32,37);10-12,15,17-20H,13-14,16H2,1-9H3,(H,29,35);9-11,14,17-19H,12-13,15-16H2,1-8H3,(H,28,34)/t24-;19?,20-;19-/m000/s1. The van der Waals surface area contributed by atoms with Crippen LogP contribution in [0.1, 0.15) is 191 Å². The summed E-state index contributed by atoms with van der Waals surface area (Å²) < 4.78 is 52.9. The normalized spacial score (nSPS) is 13.0. The fourth-order valence-corrected chi connectivity index (χ4v) is 13.4. The van der Waals surface area contributed by atoms with Crippen molar-refractivity contribution in [3.63, 3.8) is 0 Å². The number of ether oxygens (including phenoxy) is 9. The average molecular weight is 1600 g/mol. The molecule has 7 rings (SSSR count). The SMILES string of the molecule is CCC(CC)Cn1nc(C(=O)N[C@@H](CC2CCCCC2)C(=O)NCC(=O)OC)cc1-c1cc(OC)ccc1OC.COC(=O)CN(C)C(=O)C[C@H](CC(C)C)NC(=O)c1cc(-c2c(OC)cccc2OC)n(C(C)C(C)C)n1.COC(=O)CN(C)C(=O)C[C@H](CC(C)C)NC(=O)c1cc(-c2c(OC)cccc2OC)n(CC(C)C)n1. The number of aromatic nitrogens is 6. The number of amides is 6. The van der Waals surface area contributed by atoms with E-state index in [4.69, 9.17) is 38.6 Å². The van der Waals surface area contributed by atoms with Crippen LogP contribution in [-0.2, 0) is 56.1 Å². The lowest BCUT2D eigenvalue weighted by Gasteiger charge is -2.26. The fraction of sp³-hybridized carbons (Fsp3) is 0.576. The summed E-state index contributed by atoms with van der Waals surface area (Å²) in [6.07, 6.45) is 9.15. The maximum atomic E-state index is 13.6. The largest absolute Gasteiger partial charge is 0.497 e. The predicted molar refractivity (Wildman–Crippen MR) is 438 cm³/mol. The molecule has 30 heteroatoms. The van der Waals surface area contributed by atoms with E-state index in [1.54, 1.807) is 65.5 Å². The van der Waals surface area contributed by atoms with Gasteiger partial charge in [-0.2, -0.15) is 15.3 Å². The summed E-state index contributed by atoms with van der Waals surface area (Å²) in [5.74, 6) is 1.67. The van der Waals surface area contributed by atoms with Crippen LogP contribution in [0.25, 0.3) is 33.8 Å². The summed E-state index contributed by atoms with van der Waals surface area (Å²) in [5.41, 5.74) is 4.95. The van der Waals surface area contributed by atoms with Crippen molar-refractivity contribution in [2.75, 3.05) is 97.7 Å². The number of hydrogen-bond donors (Lipinski definition) is 4. The molecule has 6 aromatic rings. The summed E-state index contributed by atoms with van der Waals surface area (Å²) in [6.45, 7) is 23.4. The van der Waals surface area contributed by atoms with E-state index in [9.17, 15) is 43.2 Å². The first-order chi connectivity index (χ1) is 54.7. The van der Waals surface area contributed by atoms with Gasteiger partial charge >= 0.3 is 17.9 Å². The second-order valence-electron chi connectivity index (χ2n) is 30.5. The molecule has 1 fully saturated rings. The molecular formula is C85H126N12O18. The molecular weight excluding hydrogens is 1480 g/mol. The molecule has 1 aliphatic carbocycles. The van der Waals surface area contributed by atoms with Gasteiger partial charge in [0.25, 0.3) is 17.7 Å². The summed E-state index contributed by atoms with van der Waals surface area (Å²) in [7, 11) is 16.4. The Bertz CT molecular complexity index is 4110. The predicted octanol–water partition coefficient (Wildman–Crippen LogP) is 11.7. The minimum atomic E-state index is -0.792. The van der Waals surface area contributed by atoms with Gasteiger partial charge in [0.05, 0.1) is 98.2 Å². The Labute approximate surface area is 678 Å². The molecule has 3 aromatic carbocycles. The van der Waals surface area contributed by atoms with Gasteiger partial charge in [-0.25, -0.2) is 0 Å². The lowest BCUT2D eigenvalue weighted by molar-refractivity contribution is -0.146. The Morgan fingerprint density at radius 2 is 0.922 bits per heavy atom. The fourth-order valence-electron chi connectivity index (χ4n) is 13.4. The van der Waals surface area contributed by atoms with Crippen molar-refractivity contribution in [1.29, 1.82) is 0 Å². The van der Waals surface area contributed by atoms with Crippen LogP contribution in [0.15, 0.2) is 72.8 Å². The second-order valence-corrected chi connectivity index (χ2v) is 30.5. The van der Waals surface area contributed by atoms with E-state index in [-0.39, 0.29) is 103 Å². The number of benzene rings is 3. The third kappa shape index (κ3) is 28.4. The number of nitrogens with one attached hydrogen (secondary N) is 4. The molecule has 634 valence electrons. The zero-order chi connectivity index (χ0) is 85.3. The molecule has 0 bridgehead atoms. The van der Waals surface area contributed by atoms with Gasteiger partial charge in [0.2, 0.25) is 17.7 Å². The first-order valence-electron chi connectivity index (χ1n) is 39.5. The number of carbonyl (C=O) groups excluding carboxylic acids is 9. The highest BCUT2D eigenvalue weighted by atomic mass is 16.5. The highest BCUT2D eigenvalue weighted by Gasteiger charge is 2.33. The molecule has 4 atom stereocenters. The van der Waals surface area contributed by atoms with Gasteiger partial charge in [0.15, 0.2) is 17.1 Å². The molecule has 115 heavy (non-hydrogen) atoms. The van der Waals surface area contributed by atoms with Gasteiger partial charge in [0, 0.05) is 57.7 Å². The number of carbonyl (C=O) groups is 9. The smallest absolute Gasteiger partial charge is 0.325 e. The maximum Gasteiger partial charge on any atom is 0.325 e. The summed E-state index contributed by atoms with van der Waals surface area (Å²) in [4.78, 5) is 116. The highest BCUT2D eigenvalue weighted by Crippen LogP contribution is 2.42. The van der Waals surface area contributed by atoms with Crippen molar-refractivity contribution in [2.45, 2.75) is 190 Å². The monoisotopic (exact) mass is 1600 g/mol. The van der Waals surface area contributed by atoms with E-state index in [0.717, 1.165) is 49.8 Å². The van der Waals surface area contributed by atoms with E-state index in [2.05, 4.69) is 82.1 Å². The van der Waals surface area contributed by atoms with Gasteiger partial charge in [0.1, 0.15) is 60.2 Å². The molecule has 6 amide bonds. The first-order valence-corrected chi connectivity index (χ1v) is 39.5. The molecule has 3 heterocycles. The van der Waals surface area contributed by atoms with Crippen molar-refractivity contribution in [2.24, 2.45) is 35.5 Å². The minimum absolute atomic E-state index is 0.0267. The molecule has 0 spiro atoms. The van der Waals surface area contributed by atoms with Crippen molar-refractivity contribution in [3.05, 3.63) is 89.9 Å². The van der Waals surface area contributed by atoms with Crippen LogP contribution in [-0.4, -0.2) is 208 Å². The van der Waals surface area contributed by atoms with Gasteiger partial charge in [-0.3, -0.25) is 57.2 Å². The molecule has 0 aliphatic heterocycles. The van der Waals surface area contributed by atoms with Crippen molar-refractivity contribution in [1.82, 2.24) is 60.4 Å². The molecule has 0 radical (unpaired) electrons. The van der Waals surface area contributed by atoms with Crippen LogP contribution in [0, 0.1) is 35.5 Å². The third-order valence-electron chi connectivity index (χ3n) is 20.1. The summed E-state index contributed by atoms with van der Waals surface area (Å²) in [6, 6.07) is 20.0. The van der Waals surface area contributed by atoms with Crippen LogP contribution in [0.4, 0.5) is 0 Å². The average Bonchev–Trinajstić information content (AvgIpc) is 1.66. The third-order valence-corrected chi connectivity index (χ3v) is 20.1. The quantitative estimate of drug-likeness (QED) is 0.0205. The molecule has 3 aromatic heterocycles. The Kier molecular flexibility index (Phi) is 39.0. The number of rotatable bonds is 40. The Balaban J connectivity index is 0.000000308. The topological polar surface area (TPSA) is 345 Å². The number of nitrogens with zero attached hydrogens (tertiary/aromatic N) is 8. The van der Waals surface area contributed by atoms with Gasteiger partial charge in [-0.1, -0.05) is 126 Å². The molecule has 0 saturated heterocycles. The van der Waals surface area contributed by atoms with E-state index >= 15 is 0 Å². The van der Waals surface area contributed by atoms with Crippen LogP contribution < -0.4 is 49.7 Å². The number of likely N-dealkylation sites (N-methyl/N-ethyl adjacent to an activating group) is 2. The minimum Gasteiger partial charge on any atom is -0.497 e. The van der Waals surface area contributed by atoms with Crippen LogP contribution in [0.5, 0.6) is 34.5 Å². The van der Waals surface area contributed by atoms with Crippen molar-refractivity contribution >= 4 is 53.4 Å². The Morgan fingerprint density at radius 1 is 0.487 bits per heavy atom. The second kappa shape index (κ2) is 47.2. The van der Waals surface area contributed by atoms with Crippen LogP contribution in [0.2, 0.25) is 0 Å². The molecule has 4 N–H and O–H groups in total. The van der Waals surface area contributed by atoms with Gasteiger partial charge in [-0.15, -0.1) is 0 Å². The van der Waals surface area contributed by atoms with Gasteiger partial charge in [-0.05, 0) is 122 Å². The first kappa shape index (κ1) is 94.9. The highest BCUT2D eigenvalue weighted by molar-refractivity contribution is 5.98. The van der Waals surface area contributed by atoms with Crippen LogP contribution in [0.3, 0.4) is 0 Å².